The van der Waals surface area contributed by atoms with E-state index in [9.17, 15) is 92.3 Å². The zero-order valence-electron chi connectivity index (χ0n) is 58.3. The van der Waals surface area contributed by atoms with Crippen molar-refractivity contribution in [2.24, 2.45) is 23.7 Å². The van der Waals surface area contributed by atoms with Crippen molar-refractivity contribution >= 4 is 338 Å². The van der Waals surface area contributed by atoms with Crippen LogP contribution in [-0.2, 0) is 124 Å². The van der Waals surface area contributed by atoms with Crippen LogP contribution in [0, 0.1) is 23.7 Å². The van der Waals surface area contributed by atoms with Crippen molar-refractivity contribution in [3.05, 3.63) is 0 Å². The third kappa shape index (κ3) is 36.5. The molecule has 0 N–H and O–H groups in total. The zero-order chi connectivity index (χ0) is 80.8. The molecule has 0 radical (unpaired) electrons. The Labute approximate surface area is 752 Å². The molecule has 4 rings (SSSR count). The Balaban J connectivity index is 0.000000697. The third-order valence-corrected chi connectivity index (χ3v) is 20.6. The minimum absolute atomic E-state index is 0.00329. The van der Waals surface area contributed by atoms with E-state index >= 15 is 0 Å². The van der Waals surface area contributed by atoms with Crippen LogP contribution in [0.3, 0.4) is 0 Å². The summed E-state index contributed by atoms with van der Waals surface area (Å²) < 4.78 is 53.5. The van der Waals surface area contributed by atoms with Crippen LogP contribution in [0.1, 0.15) is 148 Å². The number of hydrogen-bond donors (Lipinski definition) is 0. The third-order valence-electron chi connectivity index (χ3n) is 15.0. The van der Waals surface area contributed by atoms with Crippen LogP contribution in [0.15, 0.2) is 0 Å². The first kappa shape index (κ1) is 102. The Hall–Kier alpha value is 0.0800. The molecule has 594 valence electrons. The summed E-state index contributed by atoms with van der Waals surface area (Å²) in [7, 11) is 0. The maximum Gasteiger partial charge on any atom is 0.321 e. The van der Waals surface area contributed by atoms with Crippen molar-refractivity contribution in [2.75, 3.05) is 13.3 Å². The maximum absolute atomic E-state index is 12.4. The van der Waals surface area contributed by atoms with Crippen LogP contribution in [-0.4, -0.2) is 199 Å². The number of aliphatic carboxylic acids is 4. The minimum atomic E-state index is -1.50. The maximum atomic E-state index is 12.4. The summed E-state index contributed by atoms with van der Waals surface area (Å²) in [6.07, 6.45) is -9.50. The molecule has 41 heteroatoms. The molecule has 104 heavy (non-hydrogen) atoms. The quantitative estimate of drug-likeness (QED) is 0.0424. The van der Waals surface area contributed by atoms with Gasteiger partial charge in [-0.25, -0.2) is 0 Å². The van der Waals surface area contributed by atoms with Crippen molar-refractivity contribution in [3.8, 4) is 0 Å². The normalized spacial score (nSPS) is 26.4. The van der Waals surface area contributed by atoms with Crippen LogP contribution in [0.2, 0.25) is 0 Å². The van der Waals surface area contributed by atoms with Crippen molar-refractivity contribution in [2.45, 2.75) is 244 Å². The number of carboxylic acid groups (broad SMARTS) is 4. The highest BCUT2D eigenvalue weighted by atomic mass is 127. The highest BCUT2D eigenvalue weighted by molar-refractivity contribution is 14.1. The van der Waals surface area contributed by atoms with E-state index in [2.05, 4.69) is 0 Å². The molecule has 30 nitrogen and oxygen atoms in total. The second kappa shape index (κ2) is 46.4. The van der Waals surface area contributed by atoms with Gasteiger partial charge in [0.2, 0.25) is 0 Å². The molecule has 4 saturated carbocycles. The van der Waals surface area contributed by atoms with E-state index < -0.39 is 203 Å². The molecule has 4 aliphatic rings. The van der Waals surface area contributed by atoms with Crippen LogP contribution < -0.4 is 20.4 Å². The first-order chi connectivity index (χ1) is 47.4. The van der Waals surface area contributed by atoms with Gasteiger partial charge >= 0.3 is 65.7 Å². The lowest BCUT2D eigenvalue weighted by atomic mass is 9.81. The lowest BCUT2D eigenvalue weighted by Crippen LogP contribution is -2.55. The second-order valence-corrected chi connectivity index (χ2v) is 47.7. The number of carbonyl (C=O) groups excluding carboxylic acids is 15. The fourth-order valence-corrected chi connectivity index (χ4v) is 11.4. The van der Waals surface area contributed by atoms with E-state index in [1.807, 2.05) is 203 Å². The van der Waals surface area contributed by atoms with Gasteiger partial charge in [0, 0.05) is 56.8 Å². The van der Waals surface area contributed by atoms with Crippen molar-refractivity contribution < 1.29 is 144 Å². The van der Waals surface area contributed by atoms with Gasteiger partial charge in [0.1, 0.15) is 96.0 Å². The van der Waals surface area contributed by atoms with Gasteiger partial charge in [-0.15, -0.1) is 0 Å². The molecule has 0 saturated heterocycles. The number of halogens is 11. The Morgan fingerprint density at radius 1 is 0.308 bits per heavy atom. The molecule has 12 atom stereocenters. The predicted octanol–water partition coefficient (Wildman–Crippen LogP) is 5.85. The summed E-state index contributed by atoms with van der Waals surface area (Å²) in [6, 6.07) is 0. The monoisotopic (exact) mass is 2710 g/mol. The molecular weight excluding hydrogens is 2630 g/mol. The van der Waals surface area contributed by atoms with Gasteiger partial charge in [-0.3, -0.25) is 52.7 Å². The van der Waals surface area contributed by atoms with Crippen LogP contribution in [0.4, 0.5) is 0 Å². The van der Waals surface area contributed by atoms with Crippen molar-refractivity contribution in [3.63, 3.8) is 0 Å². The van der Waals surface area contributed by atoms with Crippen molar-refractivity contribution in [1.29, 1.82) is 0 Å². The topological polar surface area (TPSA) is 450 Å². The lowest BCUT2D eigenvalue weighted by Gasteiger charge is -2.42. The average Bonchev–Trinajstić information content (AvgIpc) is 0.836. The largest absolute Gasteiger partial charge is 0.550 e. The van der Waals surface area contributed by atoms with E-state index in [4.69, 9.17) is 52.1 Å². The van der Waals surface area contributed by atoms with E-state index in [0.717, 1.165) is 0 Å². The Morgan fingerprint density at radius 3 is 0.798 bits per heavy atom. The summed E-state index contributed by atoms with van der Waals surface area (Å²) in [6.45, 7) is 21.5. The van der Waals surface area contributed by atoms with E-state index in [-0.39, 0.29) is 70.6 Å². The zero-order valence-corrected chi connectivity index (χ0v) is 82.0. The number of ether oxygens (including phenoxy) is 11. The molecule has 0 aromatic heterocycles. The summed E-state index contributed by atoms with van der Waals surface area (Å²) in [5.41, 5.74) is 0. The smallest absolute Gasteiger partial charge is 0.321 e. The number of esters is 11. The first-order valence-electron chi connectivity index (χ1n) is 31.5. The lowest BCUT2D eigenvalue weighted by molar-refractivity contribution is -0.321. The van der Waals surface area contributed by atoms with E-state index in [0.29, 0.717) is 6.42 Å². The van der Waals surface area contributed by atoms with E-state index in [1.165, 1.54) is 0 Å². The van der Waals surface area contributed by atoms with Crippen LogP contribution >= 0.6 is 248 Å². The molecule has 0 spiro atoms. The molecule has 0 amide bonds. The van der Waals surface area contributed by atoms with Gasteiger partial charge in [0.15, 0.2) is 0 Å². The Bertz CT molecular complexity index is 2930. The van der Waals surface area contributed by atoms with Crippen LogP contribution in [0.25, 0.3) is 0 Å². The molecular formula is C63H81I11O30-4. The fourth-order valence-electron chi connectivity index (χ4n) is 9.75. The fraction of sp³-hybridized carbons (Fsp3) is 0.762. The minimum Gasteiger partial charge on any atom is -0.550 e. The van der Waals surface area contributed by atoms with Gasteiger partial charge in [0.25, 0.3) is 0 Å². The van der Waals surface area contributed by atoms with Gasteiger partial charge in [-0.05, 0) is 103 Å². The van der Waals surface area contributed by atoms with Gasteiger partial charge in [0.05, 0.1) is 48.9 Å². The Kier molecular flexibility index (Phi) is 45.6. The summed E-state index contributed by atoms with van der Waals surface area (Å²) in [4.78, 5) is 178. The van der Waals surface area contributed by atoms with Gasteiger partial charge in [-0.2, -0.15) is 0 Å². The first-order valence-corrected chi connectivity index (χ1v) is 45.3. The molecule has 4 fully saturated rings. The highest BCUT2D eigenvalue weighted by Gasteiger charge is 2.50. The molecule has 4 aliphatic carbocycles. The molecule has 12 unspecified atom stereocenters. The van der Waals surface area contributed by atoms with Crippen molar-refractivity contribution in [1.82, 2.24) is 0 Å². The second-order valence-electron chi connectivity index (χ2n) is 26.4. The van der Waals surface area contributed by atoms with Gasteiger partial charge < -0.3 is 91.7 Å². The molecule has 0 aromatic rings. The number of hydrogen-bond acceptors (Lipinski definition) is 30. The number of alkyl halides is 11. The van der Waals surface area contributed by atoms with Gasteiger partial charge in [-0.1, -0.05) is 248 Å². The molecule has 0 aromatic carbocycles. The number of carboxylic acids is 4. The number of rotatable bonds is 26. The summed E-state index contributed by atoms with van der Waals surface area (Å²) in [5.74, 6) is -16.6. The highest BCUT2D eigenvalue weighted by Crippen LogP contribution is 2.39. The summed E-state index contributed by atoms with van der Waals surface area (Å²) >= 11 is 20.6. The SMILES string of the molecule is CC(C)(I)C(=O)OC1CC(OC(=O)C(C)(C)I)C(C(=O)[O-])C(OC(=O)C(C)(C)I)C1.CC(C)(I)C(=O)OC1CCC(C(=O)[O-])C(OC(=O)C(C)(C)I)C1.CC(I)C(=O)OC1CC(OC(=O)C(C)I)C(C(=O)[O-])C(OC(=O)C(C)I)C1.O=C(CI)OC1CC(OC(=O)CI)C(C(=O)[O-])C(OC(=O)CI)C1. The Morgan fingerprint density at radius 2 is 0.529 bits per heavy atom. The summed E-state index contributed by atoms with van der Waals surface area (Å²) in [5, 5.41) is 46.4. The van der Waals surface area contributed by atoms with E-state index in [1.54, 1.807) is 135 Å². The molecule has 0 heterocycles. The molecule has 0 bridgehead atoms. The molecule has 0 aliphatic heterocycles. The standard InChI is InChI=1S/C19H27I3O8.C16H21I3O8.C15H22I2O6.C13H15I3O8/c1-17(2,20)14(25)28-9-7-10(29-15(26)18(3,4)21)12(13(23)24)11(8-9)30-16(27)19(5,6)22;1-6(17)14(22)25-9-4-10(26-15(23)7(2)18)12(13(20)21)11(5-9)27-16(24)8(3)19;1-14(2,16)12(20)22-8-5-6-9(11(18)19)10(7-8)23-13(21)15(3,4)17;14-3-9(17)22-6-1-7(23-10(18)4-15)12(13(20)21)8(2-6)24-11(19)5-16/h9-12H,7-8H2,1-6H3,(H,23,24);6-12H,4-5H2,1-3H3,(H,20,21);8-10H,5-7H2,1-4H3,(H,18,19);6-8,12H,1-5H2,(H,20,21)/p-4. The number of carbonyl (C=O) groups is 15. The van der Waals surface area contributed by atoms with Crippen LogP contribution in [0.5, 0.6) is 0 Å². The predicted molar refractivity (Wildman–Crippen MR) is 452 cm³/mol. The average molecular weight is 2710 g/mol.